The van der Waals surface area contributed by atoms with Crippen molar-refractivity contribution in [2.24, 2.45) is 7.05 Å². The molecule has 1 atom stereocenters. The first kappa shape index (κ1) is 17.3. The molecule has 0 amide bonds. The van der Waals surface area contributed by atoms with Gasteiger partial charge in [0.2, 0.25) is 11.7 Å². The van der Waals surface area contributed by atoms with Crippen LogP contribution in [0.5, 0.6) is 0 Å². The van der Waals surface area contributed by atoms with E-state index < -0.39 is 0 Å². The largest absolute Gasteiger partial charge is 0.349 e. The Bertz CT molecular complexity index is 761. The minimum Gasteiger partial charge on any atom is -0.349 e. The normalized spacial score (nSPS) is 17.0. The average molecular weight is 349 g/mol. The summed E-state index contributed by atoms with van der Waals surface area (Å²) < 4.78 is 6.88. The first-order chi connectivity index (χ1) is 11.9. The monoisotopic (exact) mass is 349 g/mol. The number of hydrogen-bond donors (Lipinski definition) is 0. The molecule has 0 N–H and O–H groups in total. The lowest BCUT2D eigenvalue weighted by molar-refractivity contribution is -0.384. The van der Waals surface area contributed by atoms with E-state index in [1.807, 2.05) is 18.7 Å². The van der Waals surface area contributed by atoms with Gasteiger partial charge < -0.3 is 9.42 Å². The van der Waals surface area contributed by atoms with Gasteiger partial charge in [0.1, 0.15) is 5.69 Å². The van der Waals surface area contributed by atoms with Gasteiger partial charge in [0, 0.05) is 33.2 Å². The van der Waals surface area contributed by atoms with Gasteiger partial charge in [-0.1, -0.05) is 12.1 Å². The van der Waals surface area contributed by atoms with Crippen LogP contribution in [0.15, 0.2) is 4.52 Å². The van der Waals surface area contributed by atoms with Crippen LogP contribution in [-0.4, -0.2) is 55.9 Å². The summed E-state index contributed by atoms with van der Waals surface area (Å²) in [6.45, 7) is 8.58. The molecule has 1 saturated heterocycles. The van der Waals surface area contributed by atoms with E-state index in [4.69, 9.17) is 4.52 Å². The number of piperazine rings is 1. The molecule has 0 aliphatic carbocycles. The highest BCUT2D eigenvalue weighted by atomic mass is 16.6. The van der Waals surface area contributed by atoms with Crippen molar-refractivity contribution in [3.63, 3.8) is 0 Å². The lowest BCUT2D eigenvalue weighted by Crippen LogP contribution is -2.48. The van der Waals surface area contributed by atoms with Gasteiger partial charge in [-0.3, -0.25) is 15.0 Å². The van der Waals surface area contributed by atoms with Gasteiger partial charge in [0.05, 0.1) is 11.0 Å². The Balaban J connectivity index is 1.74. The second-order valence-corrected chi connectivity index (χ2v) is 6.23. The fraction of sp³-hybridized carbons (Fsp3) is 0.667. The molecule has 25 heavy (non-hydrogen) atoms. The number of anilines is 1. The number of rotatable bonds is 5. The van der Waals surface area contributed by atoms with Gasteiger partial charge >= 0.3 is 5.69 Å². The Morgan fingerprint density at radius 1 is 1.32 bits per heavy atom. The molecule has 1 fully saturated rings. The summed E-state index contributed by atoms with van der Waals surface area (Å²) >= 11 is 0. The molecule has 136 valence electrons. The van der Waals surface area contributed by atoms with Crippen molar-refractivity contribution in [1.29, 1.82) is 0 Å². The number of hydrogen-bond acceptors (Lipinski definition) is 8. The quantitative estimate of drug-likeness (QED) is 0.590. The van der Waals surface area contributed by atoms with Crippen molar-refractivity contribution < 1.29 is 9.45 Å². The molecular weight excluding hydrogens is 326 g/mol. The summed E-state index contributed by atoms with van der Waals surface area (Å²) in [6, 6.07) is 0.0241. The van der Waals surface area contributed by atoms with Crippen LogP contribution in [0.25, 0.3) is 0 Å². The zero-order valence-corrected chi connectivity index (χ0v) is 15.0. The van der Waals surface area contributed by atoms with Gasteiger partial charge in [-0.05, 0) is 20.3 Å². The third kappa shape index (κ3) is 3.21. The molecule has 0 bridgehead atoms. The van der Waals surface area contributed by atoms with Crippen LogP contribution in [0.1, 0.15) is 37.3 Å². The van der Waals surface area contributed by atoms with Crippen molar-refractivity contribution >= 4 is 11.5 Å². The second-order valence-electron chi connectivity index (χ2n) is 6.23. The summed E-state index contributed by atoms with van der Waals surface area (Å²) in [4.78, 5) is 19.8. The molecule has 0 saturated carbocycles. The molecule has 2 aromatic heterocycles. The van der Waals surface area contributed by atoms with Crippen molar-refractivity contribution in [2.45, 2.75) is 33.2 Å². The van der Waals surface area contributed by atoms with Gasteiger partial charge in [-0.2, -0.15) is 10.1 Å². The fourth-order valence-electron chi connectivity index (χ4n) is 3.30. The smallest absolute Gasteiger partial charge is 0.334 e. The fourth-order valence-corrected chi connectivity index (χ4v) is 3.30. The van der Waals surface area contributed by atoms with E-state index in [0.717, 1.165) is 13.1 Å². The van der Waals surface area contributed by atoms with E-state index in [9.17, 15) is 10.1 Å². The van der Waals surface area contributed by atoms with E-state index in [1.165, 1.54) is 0 Å². The van der Waals surface area contributed by atoms with Crippen LogP contribution >= 0.6 is 0 Å². The molecule has 1 aliphatic rings. The predicted octanol–water partition coefficient (Wildman–Crippen LogP) is 1.47. The SMILES string of the molecule is CCc1nn(C)c(N2CCN(C(C)c3nc(C)no3)CC2)c1[N+](=O)[O-]. The van der Waals surface area contributed by atoms with Crippen molar-refractivity contribution in [1.82, 2.24) is 24.8 Å². The van der Waals surface area contributed by atoms with Crippen molar-refractivity contribution in [3.05, 3.63) is 27.5 Å². The Kier molecular flexibility index (Phi) is 4.71. The van der Waals surface area contributed by atoms with Gasteiger partial charge in [-0.25, -0.2) is 4.68 Å². The highest BCUT2D eigenvalue weighted by molar-refractivity contribution is 5.61. The van der Waals surface area contributed by atoms with Gasteiger partial charge in [-0.15, -0.1) is 0 Å². The number of aromatic nitrogens is 4. The molecule has 3 rings (SSSR count). The highest BCUT2D eigenvalue weighted by Gasteiger charge is 2.33. The summed E-state index contributed by atoms with van der Waals surface area (Å²) in [5.41, 5.74) is 0.652. The zero-order valence-electron chi connectivity index (χ0n) is 15.0. The lowest BCUT2D eigenvalue weighted by Gasteiger charge is -2.37. The zero-order chi connectivity index (χ0) is 18.1. The molecule has 0 aromatic carbocycles. The van der Waals surface area contributed by atoms with Crippen LogP contribution in [0.4, 0.5) is 11.5 Å². The Hall–Kier alpha value is -2.49. The van der Waals surface area contributed by atoms with Crippen LogP contribution in [0.2, 0.25) is 0 Å². The lowest BCUT2D eigenvalue weighted by atomic mass is 10.2. The average Bonchev–Trinajstić information content (AvgIpc) is 3.17. The molecule has 1 unspecified atom stereocenters. The summed E-state index contributed by atoms with van der Waals surface area (Å²) in [5.74, 6) is 1.81. The number of nitrogens with zero attached hydrogens (tertiary/aromatic N) is 7. The summed E-state index contributed by atoms with van der Waals surface area (Å²) in [6.07, 6.45) is 0.539. The summed E-state index contributed by atoms with van der Waals surface area (Å²) in [7, 11) is 1.76. The predicted molar refractivity (Wildman–Crippen MR) is 90.5 cm³/mol. The molecular formula is C15H23N7O3. The molecule has 10 nitrogen and oxygen atoms in total. The Labute approximate surface area is 145 Å². The van der Waals surface area contributed by atoms with Crippen molar-refractivity contribution in [3.8, 4) is 0 Å². The maximum atomic E-state index is 11.5. The third-order valence-electron chi connectivity index (χ3n) is 4.64. The molecule has 10 heteroatoms. The highest BCUT2D eigenvalue weighted by Crippen LogP contribution is 2.33. The molecule has 1 aliphatic heterocycles. The first-order valence-electron chi connectivity index (χ1n) is 8.41. The number of nitro groups is 1. The van der Waals surface area contributed by atoms with Crippen LogP contribution in [0.3, 0.4) is 0 Å². The minimum absolute atomic E-state index is 0.0241. The van der Waals surface area contributed by atoms with E-state index in [1.54, 1.807) is 18.7 Å². The maximum Gasteiger partial charge on any atom is 0.334 e. The molecule has 0 spiro atoms. The maximum absolute atomic E-state index is 11.5. The summed E-state index contributed by atoms with van der Waals surface area (Å²) in [5, 5.41) is 19.7. The van der Waals surface area contributed by atoms with E-state index >= 15 is 0 Å². The van der Waals surface area contributed by atoms with Crippen LogP contribution in [-0.2, 0) is 13.5 Å². The van der Waals surface area contributed by atoms with Crippen molar-refractivity contribution in [2.75, 3.05) is 31.1 Å². The third-order valence-corrected chi connectivity index (χ3v) is 4.64. The second kappa shape index (κ2) is 6.79. The van der Waals surface area contributed by atoms with E-state index in [-0.39, 0.29) is 16.7 Å². The van der Waals surface area contributed by atoms with E-state index in [0.29, 0.717) is 42.7 Å². The van der Waals surface area contributed by atoms with Crippen LogP contribution in [0, 0.1) is 17.0 Å². The Morgan fingerprint density at radius 2 is 2.00 bits per heavy atom. The molecule has 3 heterocycles. The van der Waals surface area contributed by atoms with E-state index in [2.05, 4.69) is 20.1 Å². The first-order valence-corrected chi connectivity index (χ1v) is 8.41. The van der Waals surface area contributed by atoms with Gasteiger partial charge in [0.25, 0.3) is 0 Å². The standard InChI is InChI=1S/C15H23N7O3/c1-5-12-13(22(23)24)15(19(4)17-12)21-8-6-20(7-9-21)10(2)14-16-11(3)18-25-14/h10H,5-9H2,1-4H3. The minimum atomic E-state index is -0.322. The molecule has 0 radical (unpaired) electrons. The number of aryl methyl sites for hydroxylation is 3. The topological polar surface area (TPSA) is 106 Å². The Morgan fingerprint density at radius 3 is 2.52 bits per heavy atom. The van der Waals surface area contributed by atoms with Crippen LogP contribution < -0.4 is 4.90 Å². The molecule has 2 aromatic rings. The van der Waals surface area contributed by atoms with Gasteiger partial charge in [0.15, 0.2) is 5.82 Å².